The molecule has 0 aromatic heterocycles. The standard InChI is InChI=1S/C19H21N3Se/c1-3-14-20-19-22(2)21-17(15-10-6-4-7-11-15)18(23-19)16-12-8-5-9-13-16/h4-13,18H,3,14H2,1-2H3. The fraction of sp³-hybridized carbons (Fsp3) is 0.263. The van der Waals surface area contributed by atoms with Crippen LogP contribution in [0.5, 0.6) is 0 Å². The second kappa shape index (κ2) is 7.58. The first-order valence-electron chi connectivity index (χ1n) is 7.93. The summed E-state index contributed by atoms with van der Waals surface area (Å²) in [5, 5.41) is 6.85. The van der Waals surface area contributed by atoms with E-state index >= 15 is 0 Å². The molecular weight excluding hydrogens is 349 g/mol. The molecule has 1 aliphatic heterocycles. The molecule has 23 heavy (non-hydrogen) atoms. The zero-order chi connectivity index (χ0) is 16.1. The fourth-order valence-electron chi connectivity index (χ4n) is 2.51. The summed E-state index contributed by atoms with van der Waals surface area (Å²) in [4.78, 5) is 5.07. The minimum absolute atomic E-state index is 0.234. The van der Waals surface area contributed by atoms with Crippen molar-refractivity contribution in [3.8, 4) is 0 Å². The molecule has 1 atom stereocenters. The Labute approximate surface area is 144 Å². The molecule has 118 valence electrons. The summed E-state index contributed by atoms with van der Waals surface area (Å²) >= 11 is 0.234. The zero-order valence-corrected chi connectivity index (χ0v) is 15.2. The first kappa shape index (κ1) is 16.0. The summed E-state index contributed by atoms with van der Waals surface area (Å²) in [7, 11) is 2.01. The molecule has 0 bridgehead atoms. The average molecular weight is 370 g/mol. The second-order valence-corrected chi connectivity index (χ2v) is 7.70. The monoisotopic (exact) mass is 371 g/mol. The van der Waals surface area contributed by atoms with Crippen molar-refractivity contribution in [2.24, 2.45) is 10.1 Å². The first-order chi connectivity index (χ1) is 11.3. The van der Waals surface area contributed by atoms with Crippen LogP contribution >= 0.6 is 0 Å². The van der Waals surface area contributed by atoms with Gasteiger partial charge >= 0.3 is 144 Å². The number of amidine groups is 1. The number of hydrogen-bond donors (Lipinski definition) is 0. The number of hydrogen-bond acceptors (Lipinski definition) is 2. The van der Waals surface area contributed by atoms with Gasteiger partial charge in [-0.05, 0) is 0 Å². The van der Waals surface area contributed by atoms with Gasteiger partial charge < -0.3 is 0 Å². The van der Waals surface area contributed by atoms with Crippen molar-refractivity contribution in [2.75, 3.05) is 13.6 Å². The van der Waals surface area contributed by atoms with Crippen LogP contribution in [0, 0.1) is 0 Å². The van der Waals surface area contributed by atoms with Crippen LogP contribution in [0.2, 0.25) is 0 Å². The summed E-state index contributed by atoms with van der Waals surface area (Å²) in [6, 6.07) is 21.2. The van der Waals surface area contributed by atoms with Crippen LogP contribution in [0.15, 0.2) is 70.8 Å². The van der Waals surface area contributed by atoms with E-state index in [1.54, 1.807) is 0 Å². The summed E-state index contributed by atoms with van der Waals surface area (Å²) in [5.41, 5.74) is 3.67. The van der Waals surface area contributed by atoms with E-state index in [1.807, 2.05) is 18.1 Å². The quantitative estimate of drug-likeness (QED) is 0.757. The Hall–Kier alpha value is -1.90. The van der Waals surface area contributed by atoms with E-state index in [4.69, 9.17) is 10.1 Å². The van der Waals surface area contributed by atoms with Crippen LogP contribution in [0.25, 0.3) is 0 Å². The molecule has 0 saturated heterocycles. The summed E-state index contributed by atoms with van der Waals surface area (Å²) in [6.45, 7) is 3.03. The van der Waals surface area contributed by atoms with E-state index in [2.05, 4.69) is 61.5 Å². The summed E-state index contributed by atoms with van der Waals surface area (Å²) < 4.78 is 1.13. The Kier molecular flexibility index (Phi) is 5.27. The summed E-state index contributed by atoms with van der Waals surface area (Å²) in [5.74, 6) is 0. The van der Waals surface area contributed by atoms with Gasteiger partial charge in [-0.15, -0.1) is 0 Å². The van der Waals surface area contributed by atoms with Crippen LogP contribution in [0.3, 0.4) is 0 Å². The molecule has 1 unspecified atom stereocenters. The van der Waals surface area contributed by atoms with Crippen molar-refractivity contribution in [1.29, 1.82) is 0 Å². The predicted molar refractivity (Wildman–Crippen MR) is 98.3 cm³/mol. The third-order valence-corrected chi connectivity index (χ3v) is 6.45. The Morgan fingerprint density at radius 1 is 1.04 bits per heavy atom. The summed E-state index contributed by atoms with van der Waals surface area (Å²) in [6.07, 6.45) is 1.07. The Morgan fingerprint density at radius 2 is 1.70 bits per heavy atom. The second-order valence-electron chi connectivity index (χ2n) is 5.45. The Morgan fingerprint density at radius 3 is 2.35 bits per heavy atom. The van der Waals surface area contributed by atoms with Gasteiger partial charge in [0, 0.05) is 0 Å². The van der Waals surface area contributed by atoms with Gasteiger partial charge in [-0.2, -0.15) is 0 Å². The third kappa shape index (κ3) is 3.72. The fourth-order valence-corrected chi connectivity index (χ4v) is 4.94. The van der Waals surface area contributed by atoms with Crippen molar-refractivity contribution < 1.29 is 0 Å². The molecule has 0 N–H and O–H groups in total. The van der Waals surface area contributed by atoms with Gasteiger partial charge in [-0.3, -0.25) is 0 Å². The normalized spacial score (nSPS) is 19.7. The first-order valence-corrected chi connectivity index (χ1v) is 9.78. The van der Waals surface area contributed by atoms with E-state index in [1.165, 1.54) is 11.1 Å². The Balaban J connectivity index is 2.03. The SMILES string of the molecule is CCCN=C1[Se]C(c2ccccc2)C(c2ccccc2)=NN1C. The van der Waals surface area contributed by atoms with Crippen molar-refractivity contribution in [3.05, 3.63) is 71.8 Å². The maximum absolute atomic E-state index is 4.88. The molecule has 0 fully saturated rings. The van der Waals surface area contributed by atoms with Gasteiger partial charge in [-0.1, -0.05) is 0 Å². The van der Waals surface area contributed by atoms with Crippen LogP contribution in [-0.4, -0.2) is 44.0 Å². The molecule has 1 aliphatic rings. The van der Waals surface area contributed by atoms with Crippen molar-refractivity contribution >= 4 is 25.4 Å². The van der Waals surface area contributed by atoms with E-state index in [0.29, 0.717) is 4.82 Å². The number of rotatable bonds is 4. The van der Waals surface area contributed by atoms with Crippen molar-refractivity contribution in [2.45, 2.75) is 18.2 Å². The molecule has 0 spiro atoms. The molecular formula is C19H21N3Se. The van der Waals surface area contributed by atoms with E-state index in [-0.39, 0.29) is 15.0 Å². The Bertz CT molecular complexity index is 695. The van der Waals surface area contributed by atoms with Gasteiger partial charge in [0.05, 0.1) is 0 Å². The number of nitrogens with zero attached hydrogens (tertiary/aromatic N) is 3. The van der Waals surface area contributed by atoms with Crippen LogP contribution in [0.4, 0.5) is 0 Å². The molecule has 4 heteroatoms. The van der Waals surface area contributed by atoms with E-state index in [0.717, 1.165) is 23.4 Å². The predicted octanol–water partition coefficient (Wildman–Crippen LogP) is 3.55. The van der Waals surface area contributed by atoms with Crippen molar-refractivity contribution in [3.63, 3.8) is 0 Å². The minimum atomic E-state index is 0.234. The molecule has 3 rings (SSSR count). The topological polar surface area (TPSA) is 28.0 Å². The number of benzene rings is 2. The molecule has 3 nitrogen and oxygen atoms in total. The molecule has 0 radical (unpaired) electrons. The molecule has 2 aromatic rings. The van der Waals surface area contributed by atoms with Crippen LogP contribution < -0.4 is 0 Å². The molecule has 1 heterocycles. The molecule has 0 amide bonds. The van der Waals surface area contributed by atoms with E-state index < -0.39 is 0 Å². The van der Waals surface area contributed by atoms with Gasteiger partial charge in [0.2, 0.25) is 0 Å². The van der Waals surface area contributed by atoms with Gasteiger partial charge in [0.1, 0.15) is 0 Å². The zero-order valence-electron chi connectivity index (χ0n) is 13.5. The molecule has 0 saturated carbocycles. The average Bonchev–Trinajstić information content (AvgIpc) is 2.62. The maximum atomic E-state index is 4.88. The molecule has 0 aliphatic carbocycles. The van der Waals surface area contributed by atoms with Crippen LogP contribution in [-0.2, 0) is 0 Å². The van der Waals surface area contributed by atoms with Gasteiger partial charge in [0.15, 0.2) is 0 Å². The van der Waals surface area contributed by atoms with E-state index in [9.17, 15) is 0 Å². The van der Waals surface area contributed by atoms with Gasteiger partial charge in [0.25, 0.3) is 0 Å². The molecule has 2 aromatic carbocycles. The van der Waals surface area contributed by atoms with Gasteiger partial charge in [-0.25, -0.2) is 0 Å². The van der Waals surface area contributed by atoms with Crippen LogP contribution in [0.1, 0.15) is 29.3 Å². The van der Waals surface area contributed by atoms with Crippen molar-refractivity contribution in [1.82, 2.24) is 5.01 Å². The number of aliphatic imine (C=N–C) groups is 1. The third-order valence-electron chi connectivity index (χ3n) is 3.65. The number of hydrazone groups is 1.